The zero-order valence-corrected chi connectivity index (χ0v) is 12.3. The quantitative estimate of drug-likeness (QED) is 0.491. The van der Waals surface area contributed by atoms with Gasteiger partial charge in [-0.25, -0.2) is 4.98 Å². The molecule has 20 heavy (non-hydrogen) atoms. The highest BCUT2D eigenvalue weighted by Crippen LogP contribution is 2.18. The predicted octanol–water partition coefficient (Wildman–Crippen LogP) is 1.71. The van der Waals surface area contributed by atoms with Crippen LogP contribution in [0.1, 0.15) is 24.2 Å². The molecule has 8 heteroatoms. The summed E-state index contributed by atoms with van der Waals surface area (Å²) in [6.07, 6.45) is 1.02. The third kappa shape index (κ3) is 4.43. The Kier molecular flexibility index (Phi) is 5.84. The third-order valence-electron chi connectivity index (χ3n) is 2.91. The van der Waals surface area contributed by atoms with Gasteiger partial charge in [0.1, 0.15) is 11.3 Å². The summed E-state index contributed by atoms with van der Waals surface area (Å²) in [5.74, 6) is -0.469. The monoisotopic (exact) mass is 300 g/mol. The van der Waals surface area contributed by atoms with Crippen molar-refractivity contribution in [2.75, 3.05) is 20.1 Å². The molecule has 0 unspecified atom stereocenters. The van der Waals surface area contributed by atoms with E-state index in [1.54, 1.807) is 0 Å². The first-order valence-electron chi connectivity index (χ1n) is 6.11. The Morgan fingerprint density at radius 3 is 2.80 bits per heavy atom. The van der Waals surface area contributed by atoms with Crippen molar-refractivity contribution < 1.29 is 9.72 Å². The van der Waals surface area contributed by atoms with E-state index in [9.17, 15) is 14.9 Å². The molecule has 1 heterocycles. The van der Waals surface area contributed by atoms with E-state index in [1.807, 2.05) is 20.9 Å². The van der Waals surface area contributed by atoms with Gasteiger partial charge in [0, 0.05) is 25.2 Å². The summed E-state index contributed by atoms with van der Waals surface area (Å²) in [7, 11) is 1.94. The van der Waals surface area contributed by atoms with Crippen LogP contribution in [0.2, 0.25) is 5.15 Å². The highest BCUT2D eigenvalue weighted by atomic mass is 35.5. The number of halogens is 1. The average molecular weight is 301 g/mol. The number of amides is 1. The molecule has 0 bridgehead atoms. The number of nitro groups is 1. The van der Waals surface area contributed by atoms with Gasteiger partial charge in [0.05, 0.1) is 10.5 Å². The van der Waals surface area contributed by atoms with E-state index < -0.39 is 10.8 Å². The molecular weight excluding hydrogens is 284 g/mol. The second kappa shape index (κ2) is 7.16. The molecule has 110 valence electrons. The van der Waals surface area contributed by atoms with E-state index >= 15 is 0 Å². The fourth-order valence-corrected chi connectivity index (χ4v) is 1.58. The maximum Gasteiger partial charge on any atom is 0.288 e. The van der Waals surface area contributed by atoms with Gasteiger partial charge < -0.3 is 10.2 Å². The van der Waals surface area contributed by atoms with Gasteiger partial charge >= 0.3 is 0 Å². The molecule has 0 fully saturated rings. The van der Waals surface area contributed by atoms with Crippen molar-refractivity contribution in [2.45, 2.75) is 19.9 Å². The molecule has 1 amide bonds. The van der Waals surface area contributed by atoms with Gasteiger partial charge in [-0.3, -0.25) is 14.9 Å². The van der Waals surface area contributed by atoms with Gasteiger partial charge in [-0.05, 0) is 20.9 Å². The predicted molar refractivity (Wildman–Crippen MR) is 76.0 cm³/mol. The van der Waals surface area contributed by atoms with Crippen molar-refractivity contribution in [2.24, 2.45) is 0 Å². The largest absolute Gasteiger partial charge is 0.351 e. The summed E-state index contributed by atoms with van der Waals surface area (Å²) in [6, 6.07) is 1.49. The number of nitrogens with zero attached hydrogens (tertiary/aromatic N) is 3. The first-order valence-corrected chi connectivity index (χ1v) is 6.49. The van der Waals surface area contributed by atoms with Crippen LogP contribution in [0.25, 0.3) is 0 Å². The van der Waals surface area contributed by atoms with Crippen molar-refractivity contribution in [3.8, 4) is 0 Å². The molecular formula is C12H17ClN4O3. The van der Waals surface area contributed by atoms with Crippen LogP contribution in [0, 0.1) is 10.1 Å². The number of nitrogens with one attached hydrogen (secondary N) is 1. The number of carbonyl (C=O) groups excluding carboxylic acids is 1. The van der Waals surface area contributed by atoms with Crippen LogP contribution in [0.5, 0.6) is 0 Å². The van der Waals surface area contributed by atoms with Crippen molar-refractivity contribution in [3.05, 3.63) is 33.1 Å². The zero-order valence-electron chi connectivity index (χ0n) is 11.6. The van der Waals surface area contributed by atoms with Crippen LogP contribution < -0.4 is 5.32 Å². The molecule has 1 aromatic rings. The van der Waals surface area contributed by atoms with E-state index in [1.165, 1.54) is 0 Å². The molecule has 0 saturated carbocycles. The maximum absolute atomic E-state index is 11.9. The Balaban J connectivity index is 2.68. The number of hydrogen-bond acceptors (Lipinski definition) is 5. The van der Waals surface area contributed by atoms with E-state index in [-0.39, 0.29) is 16.4 Å². The van der Waals surface area contributed by atoms with E-state index in [0.717, 1.165) is 12.3 Å². The zero-order chi connectivity index (χ0) is 15.3. The van der Waals surface area contributed by atoms with Gasteiger partial charge in [-0.15, -0.1) is 0 Å². The van der Waals surface area contributed by atoms with Crippen molar-refractivity contribution >= 4 is 23.2 Å². The SMILES string of the molecule is CC(C)N(C)CCNC(=O)c1cc([N+](=O)[O-])cnc1Cl. The number of pyridine rings is 1. The number of rotatable bonds is 6. The lowest BCUT2D eigenvalue weighted by molar-refractivity contribution is -0.385. The Hall–Kier alpha value is -1.73. The lowest BCUT2D eigenvalue weighted by Gasteiger charge is -2.20. The standard InChI is InChI=1S/C12H17ClN4O3/c1-8(2)16(3)5-4-14-12(18)10-6-9(17(19)20)7-15-11(10)13/h6-8H,4-5H2,1-3H3,(H,14,18). The topological polar surface area (TPSA) is 88.4 Å². The maximum atomic E-state index is 11.9. The summed E-state index contributed by atoms with van der Waals surface area (Å²) >= 11 is 5.78. The molecule has 0 saturated heterocycles. The van der Waals surface area contributed by atoms with E-state index in [2.05, 4.69) is 15.2 Å². The highest BCUT2D eigenvalue weighted by Gasteiger charge is 2.17. The Morgan fingerprint density at radius 2 is 2.25 bits per heavy atom. The fraction of sp³-hybridized carbons (Fsp3) is 0.500. The minimum Gasteiger partial charge on any atom is -0.351 e. The fourth-order valence-electron chi connectivity index (χ4n) is 1.40. The van der Waals surface area contributed by atoms with Gasteiger partial charge in [-0.1, -0.05) is 11.6 Å². The number of hydrogen-bond donors (Lipinski definition) is 1. The molecule has 0 atom stereocenters. The van der Waals surface area contributed by atoms with Crippen molar-refractivity contribution in [3.63, 3.8) is 0 Å². The van der Waals surface area contributed by atoms with Crippen LogP contribution in [-0.4, -0.2) is 46.9 Å². The Morgan fingerprint density at radius 1 is 1.60 bits per heavy atom. The minimum atomic E-state index is -0.618. The number of aromatic nitrogens is 1. The second-order valence-electron chi connectivity index (χ2n) is 4.62. The van der Waals surface area contributed by atoms with Crippen LogP contribution in [0.15, 0.2) is 12.3 Å². The van der Waals surface area contributed by atoms with Crippen LogP contribution in [0.4, 0.5) is 5.69 Å². The van der Waals surface area contributed by atoms with Gasteiger partial charge in [-0.2, -0.15) is 0 Å². The number of carbonyl (C=O) groups is 1. The second-order valence-corrected chi connectivity index (χ2v) is 4.98. The Labute approximate surface area is 122 Å². The average Bonchev–Trinajstić information content (AvgIpc) is 2.38. The van der Waals surface area contributed by atoms with Crippen LogP contribution >= 0.6 is 11.6 Å². The van der Waals surface area contributed by atoms with Gasteiger partial charge in [0.2, 0.25) is 0 Å². The molecule has 0 aromatic carbocycles. The molecule has 7 nitrogen and oxygen atoms in total. The molecule has 0 radical (unpaired) electrons. The molecule has 1 N–H and O–H groups in total. The number of likely N-dealkylation sites (N-methyl/N-ethyl adjacent to an activating group) is 1. The van der Waals surface area contributed by atoms with E-state index in [0.29, 0.717) is 19.1 Å². The molecule has 0 aliphatic heterocycles. The van der Waals surface area contributed by atoms with Crippen molar-refractivity contribution in [1.29, 1.82) is 0 Å². The molecule has 0 aliphatic carbocycles. The molecule has 0 spiro atoms. The summed E-state index contributed by atoms with van der Waals surface area (Å²) in [5.41, 5.74) is -0.257. The van der Waals surface area contributed by atoms with Gasteiger partial charge in [0.25, 0.3) is 11.6 Å². The first kappa shape index (κ1) is 16.3. The Bertz CT molecular complexity index is 507. The molecule has 1 aromatic heterocycles. The lowest BCUT2D eigenvalue weighted by atomic mass is 10.2. The van der Waals surface area contributed by atoms with Crippen molar-refractivity contribution in [1.82, 2.24) is 15.2 Å². The van der Waals surface area contributed by atoms with Gasteiger partial charge in [0.15, 0.2) is 0 Å². The van der Waals surface area contributed by atoms with Crippen LogP contribution in [-0.2, 0) is 0 Å². The minimum absolute atomic E-state index is 0.00747. The molecule has 1 rings (SSSR count). The lowest BCUT2D eigenvalue weighted by Crippen LogP contribution is -2.36. The summed E-state index contributed by atoms with van der Waals surface area (Å²) < 4.78 is 0. The first-order chi connectivity index (χ1) is 9.32. The smallest absolute Gasteiger partial charge is 0.288 e. The molecule has 0 aliphatic rings. The van der Waals surface area contributed by atoms with Crippen LogP contribution in [0.3, 0.4) is 0 Å². The third-order valence-corrected chi connectivity index (χ3v) is 3.21. The summed E-state index contributed by atoms with van der Waals surface area (Å²) in [4.78, 5) is 27.7. The normalized spacial score (nSPS) is 10.9. The van der Waals surface area contributed by atoms with E-state index in [4.69, 9.17) is 11.6 Å². The highest BCUT2D eigenvalue weighted by molar-refractivity contribution is 6.32. The summed E-state index contributed by atoms with van der Waals surface area (Å²) in [5, 5.41) is 13.3. The summed E-state index contributed by atoms with van der Waals surface area (Å²) in [6.45, 7) is 5.18.